The number of halogens is 3. The summed E-state index contributed by atoms with van der Waals surface area (Å²) >= 11 is 0. The van der Waals surface area contributed by atoms with Crippen molar-refractivity contribution in [2.24, 2.45) is 0 Å². The van der Waals surface area contributed by atoms with Crippen molar-refractivity contribution in [2.75, 3.05) is 11.9 Å². The quantitative estimate of drug-likeness (QED) is 0.484. The largest absolute Gasteiger partial charge is 0.573 e. The molecule has 1 aliphatic rings. The number of hydrogen-bond donors (Lipinski definition) is 2. The van der Waals surface area contributed by atoms with Crippen LogP contribution >= 0.6 is 0 Å². The van der Waals surface area contributed by atoms with Crippen LogP contribution < -0.4 is 15.4 Å². The van der Waals surface area contributed by atoms with Gasteiger partial charge >= 0.3 is 6.36 Å². The minimum atomic E-state index is -4.86. The molecule has 0 spiro atoms. The molecule has 11 heteroatoms. The highest BCUT2D eigenvalue weighted by Gasteiger charge is 2.33. The Balaban J connectivity index is 1.65. The highest BCUT2D eigenvalue weighted by Crippen LogP contribution is 2.33. The highest BCUT2D eigenvalue weighted by atomic mass is 19.4. The van der Waals surface area contributed by atoms with Crippen LogP contribution in [0.4, 0.5) is 19.1 Å². The Morgan fingerprint density at radius 3 is 2.70 bits per heavy atom. The zero-order valence-corrected chi connectivity index (χ0v) is 17.3. The lowest BCUT2D eigenvalue weighted by Crippen LogP contribution is -2.38. The molecule has 1 fully saturated rings. The third-order valence-corrected chi connectivity index (χ3v) is 5.37. The minimum Gasteiger partial charge on any atom is -0.405 e. The number of nitrogens with zero attached hydrogens (tertiary/aromatic N) is 4. The molecule has 2 aromatic carbocycles. The van der Waals surface area contributed by atoms with Gasteiger partial charge in [-0.3, -0.25) is 4.79 Å². The number of rotatable bonds is 4. The number of ether oxygens (including phenoxy) is 1. The number of anilines is 1. The normalized spacial score (nSPS) is 17.1. The van der Waals surface area contributed by atoms with E-state index in [0.717, 1.165) is 12.8 Å². The maximum Gasteiger partial charge on any atom is 0.573 e. The summed E-state index contributed by atoms with van der Waals surface area (Å²) in [5, 5.41) is 11.1. The predicted octanol–water partition coefficient (Wildman–Crippen LogP) is 3.92. The van der Waals surface area contributed by atoms with Crippen molar-refractivity contribution in [2.45, 2.75) is 31.7 Å². The van der Waals surface area contributed by atoms with Gasteiger partial charge in [0, 0.05) is 11.9 Å². The highest BCUT2D eigenvalue weighted by molar-refractivity contribution is 5.93. The summed E-state index contributed by atoms with van der Waals surface area (Å²) < 4.78 is 44.3. The van der Waals surface area contributed by atoms with Crippen molar-refractivity contribution in [1.82, 2.24) is 24.9 Å². The van der Waals surface area contributed by atoms with Crippen LogP contribution in [0.15, 0.2) is 48.5 Å². The van der Waals surface area contributed by atoms with Gasteiger partial charge in [0.15, 0.2) is 11.5 Å². The van der Waals surface area contributed by atoms with Crippen LogP contribution in [-0.2, 0) is 4.79 Å². The van der Waals surface area contributed by atoms with E-state index in [0.29, 0.717) is 29.5 Å². The fraction of sp³-hybridized carbons (Fsp3) is 0.273. The number of carbonyl (C=O) groups is 1. The van der Waals surface area contributed by atoms with E-state index in [4.69, 9.17) is 0 Å². The Morgan fingerprint density at radius 2 is 1.85 bits per heavy atom. The van der Waals surface area contributed by atoms with Gasteiger partial charge in [0.1, 0.15) is 11.8 Å². The van der Waals surface area contributed by atoms with Crippen LogP contribution in [0, 0.1) is 0 Å². The third-order valence-electron chi connectivity index (χ3n) is 5.37. The number of amides is 1. The summed E-state index contributed by atoms with van der Waals surface area (Å²) in [7, 11) is 0. The van der Waals surface area contributed by atoms with Crippen LogP contribution in [-0.4, -0.2) is 44.4 Å². The first-order valence-corrected chi connectivity index (χ1v) is 10.4. The van der Waals surface area contributed by atoms with Gasteiger partial charge in [-0.1, -0.05) is 24.3 Å². The molecule has 33 heavy (non-hydrogen) atoms. The minimum absolute atomic E-state index is 0.0429. The van der Waals surface area contributed by atoms with E-state index in [1.165, 1.54) is 22.7 Å². The van der Waals surface area contributed by atoms with E-state index >= 15 is 0 Å². The van der Waals surface area contributed by atoms with Gasteiger partial charge in [-0.05, 0) is 43.5 Å². The fourth-order valence-electron chi connectivity index (χ4n) is 3.86. The molecule has 0 aliphatic carbocycles. The average molecular weight is 456 g/mol. The molecule has 0 unspecified atom stereocenters. The molecular weight excluding hydrogens is 437 g/mol. The Kier molecular flexibility index (Phi) is 5.23. The van der Waals surface area contributed by atoms with E-state index < -0.39 is 18.2 Å². The summed E-state index contributed by atoms with van der Waals surface area (Å²) in [6.45, 7) is 0.612. The van der Waals surface area contributed by atoms with Crippen LogP contribution in [0.5, 0.6) is 5.75 Å². The Labute approximate surface area is 185 Å². The van der Waals surface area contributed by atoms with Crippen molar-refractivity contribution in [1.29, 1.82) is 0 Å². The Morgan fingerprint density at radius 1 is 1.06 bits per heavy atom. The molecule has 0 radical (unpaired) electrons. The molecule has 2 N–H and O–H groups in total. The summed E-state index contributed by atoms with van der Waals surface area (Å²) in [6.07, 6.45) is -2.50. The second kappa shape index (κ2) is 8.23. The molecule has 8 nitrogen and oxygen atoms in total. The Bertz CT molecular complexity index is 1340. The SMILES string of the molecule is O=C1NCCCC[C@H]1Nc1nc2ccccc2c2nc(-c3ccccc3OC(F)(F)F)nn12. The lowest BCUT2D eigenvalue weighted by molar-refractivity contribution is -0.274. The molecule has 1 aliphatic heterocycles. The molecule has 4 aromatic rings. The summed E-state index contributed by atoms with van der Waals surface area (Å²) in [4.78, 5) is 21.6. The van der Waals surface area contributed by atoms with E-state index in [-0.39, 0.29) is 23.2 Å². The maximum absolute atomic E-state index is 12.9. The number of carbonyl (C=O) groups excluding carboxylic acids is 1. The lowest BCUT2D eigenvalue weighted by Gasteiger charge is -2.16. The Hall–Kier alpha value is -3.89. The van der Waals surface area contributed by atoms with E-state index in [9.17, 15) is 18.0 Å². The molecule has 5 rings (SSSR count). The number of para-hydroxylation sites is 2. The van der Waals surface area contributed by atoms with E-state index in [1.807, 2.05) is 12.1 Å². The maximum atomic E-state index is 12.9. The van der Waals surface area contributed by atoms with Crippen molar-refractivity contribution >= 4 is 28.4 Å². The topological polar surface area (TPSA) is 93.4 Å². The molecule has 2 aromatic heterocycles. The zero-order valence-electron chi connectivity index (χ0n) is 17.3. The number of hydrogen-bond acceptors (Lipinski definition) is 6. The number of benzene rings is 2. The standard InChI is InChI=1S/C22H19F3N6O2/c23-22(24,25)33-17-11-4-2-8-14(17)18-29-19-13-7-1-3-9-15(13)27-21(31(19)30-18)28-16-10-5-6-12-26-20(16)32/h1-4,7-9,11,16H,5-6,10,12H2,(H,26,32)(H,27,28)/t16-/m1/s1. The van der Waals surface area contributed by atoms with E-state index in [2.05, 4.69) is 30.4 Å². The van der Waals surface area contributed by atoms with Crippen molar-refractivity contribution in [3.8, 4) is 17.1 Å². The van der Waals surface area contributed by atoms with Crippen LogP contribution in [0.1, 0.15) is 19.3 Å². The monoisotopic (exact) mass is 456 g/mol. The number of aromatic nitrogens is 4. The molecule has 0 saturated carbocycles. The van der Waals surface area contributed by atoms with Crippen molar-refractivity contribution < 1.29 is 22.7 Å². The van der Waals surface area contributed by atoms with Crippen LogP contribution in [0.25, 0.3) is 27.9 Å². The van der Waals surface area contributed by atoms with Gasteiger partial charge in [0.2, 0.25) is 11.9 Å². The average Bonchev–Trinajstić information content (AvgIpc) is 3.13. The first kappa shape index (κ1) is 21.0. The van der Waals surface area contributed by atoms with Crippen molar-refractivity contribution in [3.63, 3.8) is 0 Å². The first-order valence-electron chi connectivity index (χ1n) is 10.4. The smallest absolute Gasteiger partial charge is 0.405 e. The second-order valence-corrected chi connectivity index (χ2v) is 7.65. The number of nitrogens with one attached hydrogen (secondary N) is 2. The van der Waals surface area contributed by atoms with Gasteiger partial charge in [-0.15, -0.1) is 18.3 Å². The third kappa shape index (κ3) is 4.26. The molecule has 3 heterocycles. The van der Waals surface area contributed by atoms with Gasteiger partial charge in [-0.25, -0.2) is 9.97 Å². The predicted molar refractivity (Wildman–Crippen MR) is 115 cm³/mol. The van der Waals surface area contributed by atoms with Gasteiger partial charge in [0.25, 0.3) is 0 Å². The zero-order chi connectivity index (χ0) is 23.0. The number of alkyl halides is 3. The first-order chi connectivity index (χ1) is 15.9. The summed E-state index contributed by atoms with van der Waals surface area (Å²) in [5.74, 6) is -0.226. The molecule has 1 atom stereocenters. The molecule has 1 saturated heterocycles. The second-order valence-electron chi connectivity index (χ2n) is 7.65. The molecule has 1 amide bonds. The number of fused-ring (bicyclic) bond motifs is 3. The van der Waals surface area contributed by atoms with E-state index in [1.54, 1.807) is 18.2 Å². The molecular formula is C22H19F3N6O2. The van der Waals surface area contributed by atoms with Crippen molar-refractivity contribution in [3.05, 3.63) is 48.5 Å². The van der Waals surface area contributed by atoms with Gasteiger partial charge in [-0.2, -0.15) is 4.52 Å². The lowest BCUT2D eigenvalue weighted by atomic mass is 10.1. The molecule has 0 bridgehead atoms. The van der Waals surface area contributed by atoms with Gasteiger partial charge in [0.05, 0.1) is 11.1 Å². The van der Waals surface area contributed by atoms with Crippen LogP contribution in [0.3, 0.4) is 0 Å². The summed E-state index contributed by atoms with van der Waals surface area (Å²) in [6, 6.07) is 12.4. The van der Waals surface area contributed by atoms with Gasteiger partial charge < -0.3 is 15.4 Å². The molecule has 170 valence electrons. The van der Waals surface area contributed by atoms with Crippen LogP contribution in [0.2, 0.25) is 0 Å². The summed E-state index contributed by atoms with van der Waals surface area (Å²) in [5.41, 5.74) is 1.09. The fourth-order valence-corrected chi connectivity index (χ4v) is 3.86.